The lowest BCUT2D eigenvalue weighted by molar-refractivity contribution is -0.183. The molecule has 1 aromatic carbocycles. The van der Waals surface area contributed by atoms with Crippen LogP contribution in [0.4, 0.5) is 0 Å². The van der Waals surface area contributed by atoms with Crippen molar-refractivity contribution in [3.05, 3.63) is 29.8 Å². The maximum Gasteiger partial charge on any atom is 0.366 e. The van der Waals surface area contributed by atoms with Crippen LogP contribution < -0.4 is 10.1 Å². The van der Waals surface area contributed by atoms with Gasteiger partial charge in [0.25, 0.3) is 5.72 Å². The van der Waals surface area contributed by atoms with Gasteiger partial charge in [-0.05, 0) is 89.5 Å². The quantitative estimate of drug-likeness (QED) is 0.221. The summed E-state index contributed by atoms with van der Waals surface area (Å²) in [5, 5.41) is 37.7. The van der Waals surface area contributed by atoms with Crippen molar-refractivity contribution < 1.29 is 44.0 Å². The minimum Gasteiger partial charge on any atom is -0.481 e. The molecule has 1 aromatic rings. The highest BCUT2D eigenvalue weighted by molar-refractivity contribution is 5.97. The van der Waals surface area contributed by atoms with Crippen molar-refractivity contribution >= 4 is 23.9 Å². The molecular weight excluding hydrogens is 568 g/mol. The number of aliphatic carboxylic acids is 3. The zero-order valence-corrected chi connectivity index (χ0v) is 27.4. The third-order valence-electron chi connectivity index (χ3n) is 7.69. The molecule has 246 valence electrons. The van der Waals surface area contributed by atoms with Crippen molar-refractivity contribution in [2.24, 2.45) is 22.7 Å². The van der Waals surface area contributed by atoms with Crippen LogP contribution in [0.5, 0.6) is 5.75 Å². The van der Waals surface area contributed by atoms with E-state index in [0.29, 0.717) is 29.7 Å². The summed E-state index contributed by atoms with van der Waals surface area (Å²) in [6, 6.07) is 8.27. The first-order chi connectivity index (χ1) is 20.1. The second-order valence-electron chi connectivity index (χ2n) is 14.0. The van der Waals surface area contributed by atoms with Gasteiger partial charge in [-0.15, -0.1) is 0 Å². The number of carbonyl (C=O) groups excluding carboxylic acids is 1. The molecule has 1 saturated heterocycles. The Morgan fingerprint density at radius 2 is 1.39 bits per heavy atom. The third-order valence-corrected chi connectivity index (χ3v) is 7.69. The topological polar surface area (TPSA) is 183 Å². The Bertz CT molecular complexity index is 1150. The van der Waals surface area contributed by atoms with E-state index in [1.165, 1.54) is 32.1 Å². The number of nitrogens with zero attached hydrogens (tertiary/aromatic N) is 1. The molecule has 1 heterocycles. The first kappa shape index (κ1) is 38.4. The van der Waals surface area contributed by atoms with Gasteiger partial charge < -0.3 is 24.8 Å². The van der Waals surface area contributed by atoms with Crippen molar-refractivity contribution in [1.82, 2.24) is 5.32 Å². The first-order valence-electron chi connectivity index (χ1n) is 15.0. The number of hydrogen-bond acceptors (Lipinski definition) is 8. The Labute approximate surface area is 260 Å². The number of piperidine rings is 1. The maximum absolute atomic E-state index is 12.8. The number of carboxylic acids is 3. The van der Waals surface area contributed by atoms with Crippen LogP contribution in [-0.2, 0) is 23.9 Å². The summed E-state index contributed by atoms with van der Waals surface area (Å²) in [5.41, 5.74) is -2.96. The van der Waals surface area contributed by atoms with E-state index < -0.39 is 46.5 Å². The van der Waals surface area contributed by atoms with E-state index in [9.17, 15) is 24.3 Å². The number of carbonyl (C=O) groups is 4. The fraction of sp³-hybridized carbons (Fsp3) is 0.667. The van der Waals surface area contributed by atoms with Gasteiger partial charge >= 0.3 is 23.9 Å². The average molecular weight is 619 g/mol. The third kappa shape index (κ3) is 12.2. The van der Waals surface area contributed by atoms with Crippen LogP contribution in [0, 0.1) is 34.0 Å². The lowest BCUT2D eigenvalue weighted by Gasteiger charge is -2.39. The predicted molar refractivity (Wildman–Crippen MR) is 164 cm³/mol. The zero-order chi connectivity index (χ0) is 33.9. The van der Waals surface area contributed by atoms with Gasteiger partial charge in [-0.3, -0.25) is 19.7 Å². The van der Waals surface area contributed by atoms with Crippen molar-refractivity contribution in [3.63, 3.8) is 0 Å². The van der Waals surface area contributed by atoms with Gasteiger partial charge in [-0.1, -0.05) is 40.0 Å². The lowest BCUT2D eigenvalue weighted by atomic mass is 9.72. The summed E-state index contributed by atoms with van der Waals surface area (Å²) in [5.74, 6) is -3.64. The van der Waals surface area contributed by atoms with Crippen molar-refractivity contribution in [2.75, 3.05) is 6.54 Å². The van der Waals surface area contributed by atoms with Gasteiger partial charge in [-0.2, -0.15) is 5.26 Å². The summed E-state index contributed by atoms with van der Waals surface area (Å²) in [4.78, 5) is 44.4. The number of ether oxygens (including phenoxy) is 2. The van der Waals surface area contributed by atoms with E-state index in [1.54, 1.807) is 45.0 Å². The van der Waals surface area contributed by atoms with Crippen LogP contribution in [0.2, 0.25) is 0 Å². The number of rotatable bonds is 6. The minimum atomic E-state index is -1.67. The summed E-state index contributed by atoms with van der Waals surface area (Å²) in [6.45, 7) is 14.9. The van der Waals surface area contributed by atoms with Crippen molar-refractivity contribution in [1.29, 1.82) is 5.26 Å². The van der Waals surface area contributed by atoms with Gasteiger partial charge in [0.15, 0.2) is 5.41 Å². The molecule has 44 heavy (non-hydrogen) atoms. The van der Waals surface area contributed by atoms with E-state index >= 15 is 0 Å². The Morgan fingerprint density at radius 3 is 1.75 bits per heavy atom. The Kier molecular flexibility index (Phi) is 13.9. The van der Waals surface area contributed by atoms with E-state index in [-0.39, 0.29) is 6.42 Å². The molecule has 4 N–H and O–H groups in total. The fourth-order valence-electron chi connectivity index (χ4n) is 4.67. The van der Waals surface area contributed by atoms with E-state index in [1.807, 2.05) is 6.07 Å². The van der Waals surface area contributed by atoms with Crippen LogP contribution in [0.25, 0.3) is 0 Å². The Balaban J connectivity index is 0.000000416. The second kappa shape index (κ2) is 15.9. The molecule has 2 atom stereocenters. The molecule has 2 fully saturated rings. The van der Waals surface area contributed by atoms with Crippen molar-refractivity contribution in [2.45, 2.75) is 112 Å². The molecule has 0 aromatic heterocycles. The molecule has 0 bridgehead atoms. The molecule has 2 aliphatic rings. The minimum absolute atomic E-state index is 0.0444. The molecule has 3 rings (SSSR count). The first-order valence-corrected chi connectivity index (χ1v) is 15.0. The molecule has 0 amide bonds. The molecule has 2 unspecified atom stereocenters. The fourth-order valence-corrected chi connectivity index (χ4v) is 4.67. The summed E-state index contributed by atoms with van der Waals surface area (Å²) < 4.78 is 11.3. The van der Waals surface area contributed by atoms with E-state index in [4.69, 9.17) is 24.9 Å². The van der Waals surface area contributed by atoms with Gasteiger partial charge in [0.05, 0.1) is 17.6 Å². The second-order valence-corrected chi connectivity index (χ2v) is 14.0. The van der Waals surface area contributed by atoms with Crippen molar-refractivity contribution in [3.8, 4) is 11.8 Å². The van der Waals surface area contributed by atoms with Crippen LogP contribution in [0.3, 0.4) is 0 Å². The molecule has 1 aliphatic carbocycles. The Hall–Kier alpha value is -3.65. The van der Waals surface area contributed by atoms with Crippen LogP contribution >= 0.6 is 0 Å². The Morgan fingerprint density at radius 1 is 0.864 bits per heavy atom. The van der Waals surface area contributed by atoms with Crippen LogP contribution in [-0.4, -0.2) is 57.1 Å². The predicted octanol–water partition coefficient (Wildman–Crippen LogP) is 5.85. The van der Waals surface area contributed by atoms with Crippen LogP contribution in [0.15, 0.2) is 24.3 Å². The van der Waals surface area contributed by atoms with Gasteiger partial charge in [-0.25, -0.2) is 4.79 Å². The molecule has 1 saturated carbocycles. The summed E-state index contributed by atoms with van der Waals surface area (Å²) >= 11 is 0. The monoisotopic (exact) mass is 618 g/mol. The molecule has 0 spiro atoms. The molecule has 1 aliphatic heterocycles. The van der Waals surface area contributed by atoms with Gasteiger partial charge in [0.1, 0.15) is 11.4 Å². The molecule has 0 radical (unpaired) electrons. The number of carboxylic acid groups (broad SMARTS) is 3. The normalized spacial score (nSPS) is 20.8. The maximum atomic E-state index is 12.8. The molecule has 11 heteroatoms. The van der Waals surface area contributed by atoms with Gasteiger partial charge in [0, 0.05) is 13.0 Å². The molecular formula is C33H50N2O9. The SMILES string of the molecule is CC(C)(C(=O)O)C(=O)O.CC(C)(C)C1CCCCC1.CC(C)(C)OC(=O)C1(Oc2ccc(C#N)cc2)CC(C(=O)O)CCN1. The number of hydrogen-bond donors (Lipinski definition) is 4. The number of nitrogens with one attached hydrogen (secondary N) is 1. The zero-order valence-electron chi connectivity index (χ0n) is 27.4. The highest BCUT2D eigenvalue weighted by atomic mass is 16.6. The van der Waals surface area contributed by atoms with Crippen LogP contribution in [0.1, 0.15) is 106 Å². The number of benzene rings is 1. The lowest BCUT2D eigenvalue weighted by Crippen LogP contribution is -2.63. The standard InChI is InChI=1S/C18H22N2O5.C10H20.C5H8O4/c1-17(2,3)25-16(23)18(10-13(15(21)22)8-9-20-18)24-14-6-4-12(11-19)5-7-14;1-10(2,3)9-7-5-4-6-8-9;1-5(2,3(6)7)4(8)9/h4-7,13,20H,8-10H2,1-3H3,(H,21,22);9H,4-8H2,1-3H3;1-2H3,(H,6,7)(H,8,9). The van der Waals surface area contributed by atoms with Gasteiger partial charge in [0.2, 0.25) is 0 Å². The molecule has 11 nitrogen and oxygen atoms in total. The summed E-state index contributed by atoms with van der Waals surface area (Å²) in [7, 11) is 0. The number of esters is 1. The largest absolute Gasteiger partial charge is 0.481 e. The smallest absolute Gasteiger partial charge is 0.366 e. The highest BCUT2D eigenvalue weighted by Crippen LogP contribution is 2.37. The summed E-state index contributed by atoms with van der Waals surface area (Å²) in [6.07, 6.45) is 7.73. The number of nitriles is 1. The average Bonchev–Trinajstić information content (AvgIpc) is 2.93. The highest BCUT2D eigenvalue weighted by Gasteiger charge is 2.49. The van der Waals surface area contributed by atoms with E-state index in [2.05, 4.69) is 26.1 Å². The van der Waals surface area contributed by atoms with E-state index in [0.717, 1.165) is 19.8 Å².